The van der Waals surface area contributed by atoms with Crippen molar-refractivity contribution in [2.24, 2.45) is 5.92 Å². The average Bonchev–Trinajstić information content (AvgIpc) is 3.55. The minimum atomic E-state index is 0.0906. The minimum Gasteiger partial charge on any atom is -0.492 e. The second-order valence-corrected chi connectivity index (χ2v) is 8.30. The summed E-state index contributed by atoms with van der Waals surface area (Å²) in [7, 11) is 1.79. The molecule has 1 aliphatic heterocycles. The van der Waals surface area contributed by atoms with E-state index in [1.165, 1.54) is 0 Å². The van der Waals surface area contributed by atoms with E-state index in [0.717, 1.165) is 79.3 Å². The molecular weight excluding hydrogens is 382 g/mol. The lowest BCUT2D eigenvalue weighted by Crippen LogP contribution is -2.38. The molecule has 0 bridgehead atoms. The molecule has 2 aromatic rings. The van der Waals surface area contributed by atoms with Crippen molar-refractivity contribution in [2.45, 2.75) is 45.6 Å². The van der Waals surface area contributed by atoms with E-state index in [0.29, 0.717) is 12.7 Å². The Kier molecular flexibility index (Phi) is 6.39. The van der Waals surface area contributed by atoms with Crippen molar-refractivity contribution in [3.05, 3.63) is 29.7 Å². The van der Waals surface area contributed by atoms with Gasteiger partial charge in [0.15, 0.2) is 0 Å². The highest BCUT2D eigenvalue weighted by Crippen LogP contribution is 2.37. The number of nitrogens with one attached hydrogen (secondary N) is 1. The molecule has 7 nitrogen and oxygen atoms in total. The zero-order valence-corrected chi connectivity index (χ0v) is 18.1. The SMILES string of the molecule is COC1CCN(CCOc2ccc(NC(=O)C3CC3)cc2-c2c(C)noc2C)CC1. The van der Waals surface area contributed by atoms with E-state index in [-0.39, 0.29) is 11.8 Å². The van der Waals surface area contributed by atoms with Crippen molar-refractivity contribution in [1.29, 1.82) is 0 Å². The lowest BCUT2D eigenvalue weighted by atomic mass is 10.0. The molecule has 2 aliphatic rings. The molecule has 2 fully saturated rings. The van der Waals surface area contributed by atoms with E-state index in [4.69, 9.17) is 14.0 Å². The van der Waals surface area contributed by atoms with E-state index >= 15 is 0 Å². The Morgan fingerprint density at radius 2 is 2.00 bits per heavy atom. The van der Waals surface area contributed by atoms with Gasteiger partial charge in [-0.15, -0.1) is 0 Å². The van der Waals surface area contributed by atoms with Gasteiger partial charge in [-0.25, -0.2) is 0 Å². The number of hydrogen-bond acceptors (Lipinski definition) is 6. The zero-order chi connectivity index (χ0) is 21.1. The number of rotatable bonds is 8. The van der Waals surface area contributed by atoms with Gasteiger partial charge in [0.1, 0.15) is 18.1 Å². The summed E-state index contributed by atoms with van der Waals surface area (Å²) in [5, 5.41) is 7.12. The Morgan fingerprint density at radius 3 is 2.63 bits per heavy atom. The summed E-state index contributed by atoms with van der Waals surface area (Å²) in [6.07, 6.45) is 4.47. The summed E-state index contributed by atoms with van der Waals surface area (Å²) in [6, 6.07) is 5.80. The van der Waals surface area contributed by atoms with Crippen LogP contribution in [0, 0.1) is 19.8 Å². The topological polar surface area (TPSA) is 76.8 Å². The quantitative estimate of drug-likeness (QED) is 0.709. The van der Waals surface area contributed by atoms with Crippen LogP contribution in [0.25, 0.3) is 11.1 Å². The van der Waals surface area contributed by atoms with Crippen molar-refractivity contribution >= 4 is 11.6 Å². The van der Waals surface area contributed by atoms with Crippen LogP contribution in [-0.4, -0.2) is 55.4 Å². The van der Waals surface area contributed by atoms with Crippen LogP contribution in [0.3, 0.4) is 0 Å². The smallest absolute Gasteiger partial charge is 0.227 e. The summed E-state index contributed by atoms with van der Waals surface area (Å²) in [4.78, 5) is 14.6. The Bertz CT molecular complexity index is 863. The molecule has 0 spiro atoms. The van der Waals surface area contributed by atoms with Crippen molar-refractivity contribution in [3.8, 4) is 16.9 Å². The first-order chi connectivity index (χ1) is 14.5. The second kappa shape index (κ2) is 9.18. The van der Waals surface area contributed by atoms with Crippen molar-refractivity contribution < 1.29 is 18.8 Å². The largest absolute Gasteiger partial charge is 0.492 e. The number of anilines is 1. The van der Waals surface area contributed by atoms with Crippen LogP contribution in [0.1, 0.15) is 37.1 Å². The van der Waals surface area contributed by atoms with E-state index in [2.05, 4.69) is 15.4 Å². The highest BCUT2D eigenvalue weighted by atomic mass is 16.5. The van der Waals surface area contributed by atoms with Gasteiger partial charge in [-0.1, -0.05) is 5.16 Å². The van der Waals surface area contributed by atoms with Crippen LogP contribution in [0.4, 0.5) is 5.69 Å². The van der Waals surface area contributed by atoms with Crippen LogP contribution < -0.4 is 10.1 Å². The molecule has 1 aromatic heterocycles. The van der Waals surface area contributed by atoms with Gasteiger partial charge in [0.2, 0.25) is 5.91 Å². The van der Waals surface area contributed by atoms with Gasteiger partial charge in [-0.2, -0.15) is 0 Å². The van der Waals surface area contributed by atoms with Gasteiger partial charge >= 0.3 is 0 Å². The number of amides is 1. The van der Waals surface area contributed by atoms with Gasteiger partial charge in [-0.3, -0.25) is 9.69 Å². The molecule has 1 aromatic carbocycles. The number of aromatic nitrogens is 1. The lowest BCUT2D eigenvalue weighted by molar-refractivity contribution is -0.117. The Morgan fingerprint density at radius 1 is 1.23 bits per heavy atom. The van der Waals surface area contributed by atoms with Crippen LogP contribution in [0.15, 0.2) is 22.7 Å². The summed E-state index contributed by atoms with van der Waals surface area (Å²) in [5.41, 5.74) is 3.41. The molecule has 2 heterocycles. The number of nitrogens with zero attached hydrogens (tertiary/aromatic N) is 2. The maximum Gasteiger partial charge on any atom is 0.227 e. The van der Waals surface area contributed by atoms with Crippen LogP contribution >= 0.6 is 0 Å². The summed E-state index contributed by atoms with van der Waals surface area (Å²) < 4.78 is 17.0. The molecule has 7 heteroatoms. The zero-order valence-electron chi connectivity index (χ0n) is 18.1. The summed E-state index contributed by atoms with van der Waals surface area (Å²) >= 11 is 0. The highest BCUT2D eigenvalue weighted by Gasteiger charge is 2.30. The van der Waals surface area contributed by atoms with Gasteiger partial charge < -0.3 is 19.3 Å². The number of hydrogen-bond donors (Lipinski definition) is 1. The molecule has 0 radical (unpaired) electrons. The molecule has 1 saturated heterocycles. The lowest BCUT2D eigenvalue weighted by Gasteiger charge is -2.31. The highest BCUT2D eigenvalue weighted by molar-refractivity contribution is 5.95. The first-order valence-corrected chi connectivity index (χ1v) is 10.8. The van der Waals surface area contributed by atoms with Gasteiger partial charge in [0.05, 0.1) is 17.4 Å². The van der Waals surface area contributed by atoms with Crippen molar-refractivity contribution in [2.75, 3.05) is 38.7 Å². The van der Waals surface area contributed by atoms with Gasteiger partial charge in [0.25, 0.3) is 0 Å². The fraction of sp³-hybridized carbons (Fsp3) is 0.565. The van der Waals surface area contributed by atoms with Gasteiger partial charge in [-0.05, 0) is 57.7 Å². The number of carbonyl (C=O) groups excluding carboxylic acids is 1. The monoisotopic (exact) mass is 413 g/mol. The molecule has 1 amide bonds. The molecule has 0 unspecified atom stereocenters. The van der Waals surface area contributed by atoms with E-state index in [1.807, 2.05) is 32.0 Å². The predicted octanol–water partition coefficient (Wildman–Crippen LogP) is 3.80. The molecule has 162 valence electrons. The Balaban J connectivity index is 1.46. The fourth-order valence-corrected chi connectivity index (χ4v) is 4.04. The first-order valence-electron chi connectivity index (χ1n) is 10.8. The summed E-state index contributed by atoms with van der Waals surface area (Å²) in [5.74, 6) is 1.77. The number of piperidine rings is 1. The van der Waals surface area contributed by atoms with Crippen LogP contribution in [-0.2, 0) is 9.53 Å². The standard InChI is InChI=1S/C23H31N3O4/c1-15-22(16(2)30-25-15)20-14-18(24-23(27)17-4-5-17)6-7-21(20)29-13-12-26-10-8-19(28-3)9-11-26/h6-7,14,17,19H,4-5,8-13H2,1-3H3,(H,24,27). The van der Waals surface area contributed by atoms with Gasteiger partial charge in [0, 0.05) is 43.9 Å². The molecule has 30 heavy (non-hydrogen) atoms. The molecule has 4 rings (SSSR count). The number of likely N-dealkylation sites (tertiary alicyclic amines) is 1. The maximum atomic E-state index is 12.2. The predicted molar refractivity (Wildman–Crippen MR) is 115 cm³/mol. The normalized spacial score (nSPS) is 17.8. The van der Waals surface area contributed by atoms with E-state index in [9.17, 15) is 4.79 Å². The summed E-state index contributed by atoms with van der Waals surface area (Å²) in [6.45, 7) is 7.36. The molecule has 1 aliphatic carbocycles. The van der Waals surface area contributed by atoms with E-state index in [1.54, 1.807) is 7.11 Å². The molecule has 1 saturated carbocycles. The average molecular weight is 414 g/mol. The number of ether oxygens (including phenoxy) is 2. The minimum absolute atomic E-state index is 0.0906. The third-order valence-electron chi connectivity index (χ3n) is 6.03. The molecule has 0 atom stereocenters. The first kappa shape index (κ1) is 20.9. The Labute approximate surface area is 177 Å². The number of aryl methyl sites for hydroxylation is 2. The van der Waals surface area contributed by atoms with Crippen LogP contribution in [0.2, 0.25) is 0 Å². The third-order valence-corrected chi connectivity index (χ3v) is 6.03. The second-order valence-electron chi connectivity index (χ2n) is 8.30. The molecular formula is C23H31N3O4. The van der Waals surface area contributed by atoms with Crippen LogP contribution in [0.5, 0.6) is 5.75 Å². The Hall–Kier alpha value is -2.38. The number of methoxy groups -OCH3 is 1. The fourth-order valence-electron chi connectivity index (χ4n) is 4.04. The van der Waals surface area contributed by atoms with Crippen molar-refractivity contribution in [1.82, 2.24) is 10.1 Å². The number of carbonyl (C=O) groups is 1. The maximum absolute atomic E-state index is 12.2. The molecule has 1 N–H and O–H groups in total. The third kappa shape index (κ3) is 4.84. The number of benzene rings is 1. The van der Waals surface area contributed by atoms with Crippen molar-refractivity contribution in [3.63, 3.8) is 0 Å². The van der Waals surface area contributed by atoms with E-state index < -0.39 is 0 Å².